The molecule has 2 heterocycles. The van der Waals surface area contributed by atoms with Crippen molar-refractivity contribution >= 4 is 38.8 Å². The van der Waals surface area contributed by atoms with Gasteiger partial charge < -0.3 is 16.0 Å². The molecule has 18 heavy (non-hydrogen) atoms. The highest BCUT2D eigenvalue weighted by Crippen LogP contribution is 2.33. The van der Waals surface area contributed by atoms with Gasteiger partial charge in [-0.05, 0) is 19.1 Å². The number of nitrogens with two attached hydrogens (primary N) is 1. The van der Waals surface area contributed by atoms with Crippen LogP contribution in [-0.2, 0) is 4.79 Å². The summed E-state index contributed by atoms with van der Waals surface area (Å²) in [6.07, 6.45) is 0. The summed E-state index contributed by atoms with van der Waals surface area (Å²) < 4.78 is 1.07. The Bertz CT molecular complexity index is 609. The molecular formula is C12H14N4OS. The molecule has 94 valence electrons. The molecule has 5 nitrogen and oxygen atoms in total. The van der Waals surface area contributed by atoms with Gasteiger partial charge in [-0.2, -0.15) is 0 Å². The van der Waals surface area contributed by atoms with Gasteiger partial charge in [0.05, 0.1) is 21.6 Å². The Morgan fingerprint density at radius 3 is 3.22 bits per heavy atom. The Balaban J connectivity index is 2.08. The molecule has 0 aliphatic carbocycles. The Labute approximate surface area is 109 Å². The van der Waals surface area contributed by atoms with Crippen molar-refractivity contribution in [3.05, 3.63) is 17.6 Å². The zero-order valence-electron chi connectivity index (χ0n) is 10.0. The molecule has 1 aromatic carbocycles. The van der Waals surface area contributed by atoms with Gasteiger partial charge in [0.1, 0.15) is 11.6 Å². The molecule has 1 atom stereocenters. The van der Waals surface area contributed by atoms with Crippen LogP contribution in [0, 0.1) is 0 Å². The number of hydrogen-bond donors (Lipinski definition) is 2. The lowest BCUT2D eigenvalue weighted by Gasteiger charge is -2.35. The summed E-state index contributed by atoms with van der Waals surface area (Å²) in [7, 11) is 0. The van der Waals surface area contributed by atoms with E-state index < -0.39 is 0 Å². The lowest BCUT2D eigenvalue weighted by molar-refractivity contribution is -0.122. The predicted molar refractivity (Wildman–Crippen MR) is 73.9 cm³/mol. The third-order valence-corrected chi connectivity index (χ3v) is 4.12. The molecule has 6 heteroatoms. The number of carbonyl (C=O) groups excluding carboxylic acids is 1. The van der Waals surface area contributed by atoms with Crippen molar-refractivity contribution in [2.45, 2.75) is 13.0 Å². The van der Waals surface area contributed by atoms with Crippen molar-refractivity contribution in [1.82, 2.24) is 10.3 Å². The Hall–Kier alpha value is -1.82. The predicted octanol–water partition coefficient (Wildman–Crippen LogP) is 1.20. The molecule has 1 fully saturated rings. The number of rotatable bonds is 1. The van der Waals surface area contributed by atoms with Gasteiger partial charge in [-0.25, -0.2) is 4.98 Å². The molecular weight excluding hydrogens is 248 g/mol. The Kier molecular flexibility index (Phi) is 2.59. The first-order valence-corrected chi connectivity index (χ1v) is 6.72. The van der Waals surface area contributed by atoms with E-state index in [4.69, 9.17) is 5.73 Å². The number of amides is 1. The lowest BCUT2D eigenvalue weighted by Crippen LogP contribution is -2.54. The van der Waals surface area contributed by atoms with Crippen LogP contribution in [0.2, 0.25) is 0 Å². The van der Waals surface area contributed by atoms with E-state index in [1.807, 2.05) is 24.0 Å². The smallest absolute Gasteiger partial charge is 0.242 e. The fourth-order valence-electron chi connectivity index (χ4n) is 2.30. The van der Waals surface area contributed by atoms with Gasteiger partial charge in [-0.1, -0.05) is 0 Å². The number of nitrogen functional groups attached to an aromatic ring is 1. The summed E-state index contributed by atoms with van der Waals surface area (Å²) in [6, 6.07) is 3.79. The number of anilines is 2. The number of hydrogen-bond acceptors (Lipinski definition) is 5. The van der Waals surface area contributed by atoms with Gasteiger partial charge in [0.15, 0.2) is 0 Å². The summed E-state index contributed by atoms with van der Waals surface area (Å²) in [5.41, 5.74) is 10.4. The van der Waals surface area contributed by atoms with E-state index in [1.165, 1.54) is 0 Å². The van der Waals surface area contributed by atoms with E-state index in [9.17, 15) is 4.79 Å². The number of benzene rings is 1. The second kappa shape index (κ2) is 4.13. The van der Waals surface area contributed by atoms with Crippen molar-refractivity contribution in [3.63, 3.8) is 0 Å². The van der Waals surface area contributed by atoms with Crippen molar-refractivity contribution in [2.75, 3.05) is 23.7 Å². The first-order chi connectivity index (χ1) is 8.68. The topological polar surface area (TPSA) is 71.2 Å². The number of nitrogens with one attached hydrogen (secondary N) is 1. The lowest BCUT2D eigenvalue weighted by atomic mass is 10.1. The van der Waals surface area contributed by atoms with E-state index in [-0.39, 0.29) is 11.9 Å². The first kappa shape index (κ1) is 11.3. The highest BCUT2D eigenvalue weighted by Gasteiger charge is 2.27. The van der Waals surface area contributed by atoms with Gasteiger partial charge in [-0.3, -0.25) is 4.79 Å². The maximum Gasteiger partial charge on any atom is 0.242 e. The van der Waals surface area contributed by atoms with Crippen LogP contribution >= 0.6 is 11.3 Å². The molecule has 0 saturated carbocycles. The molecule has 1 amide bonds. The molecule has 1 aliphatic heterocycles. The minimum Gasteiger partial charge on any atom is -0.395 e. The third-order valence-electron chi connectivity index (χ3n) is 3.33. The molecule has 1 saturated heterocycles. The van der Waals surface area contributed by atoms with E-state index in [0.29, 0.717) is 12.2 Å². The number of aromatic nitrogens is 1. The number of carbonyl (C=O) groups is 1. The van der Waals surface area contributed by atoms with Crippen LogP contribution in [0.25, 0.3) is 10.2 Å². The van der Waals surface area contributed by atoms with Gasteiger partial charge in [0.2, 0.25) is 5.91 Å². The summed E-state index contributed by atoms with van der Waals surface area (Å²) >= 11 is 1.57. The average molecular weight is 262 g/mol. The Morgan fingerprint density at radius 2 is 2.39 bits per heavy atom. The average Bonchev–Trinajstić information content (AvgIpc) is 2.83. The van der Waals surface area contributed by atoms with Gasteiger partial charge in [0.25, 0.3) is 0 Å². The molecule has 0 spiro atoms. The SMILES string of the molecule is CC1C(=O)NCCN1c1ccc2scnc2c1N. The fraction of sp³-hybridized carbons (Fsp3) is 0.333. The zero-order chi connectivity index (χ0) is 12.7. The molecule has 1 aromatic heterocycles. The standard InChI is InChI=1S/C12H14N4OS/c1-7-12(17)14-4-5-16(7)8-2-3-9-11(10(8)13)15-6-18-9/h2-3,6-7H,4-5,13H2,1H3,(H,14,17). The monoisotopic (exact) mass is 262 g/mol. The summed E-state index contributed by atoms with van der Waals surface area (Å²) in [6.45, 7) is 3.31. The van der Waals surface area contributed by atoms with Crippen molar-refractivity contribution < 1.29 is 4.79 Å². The third kappa shape index (κ3) is 1.60. The van der Waals surface area contributed by atoms with Crippen LogP contribution in [-0.4, -0.2) is 30.0 Å². The summed E-state index contributed by atoms with van der Waals surface area (Å²) in [5, 5.41) is 2.85. The van der Waals surface area contributed by atoms with Gasteiger partial charge in [-0.15, -0.1) is 11.3 Å². The van der Waals surface area contributed by atoms with Crippen LogP contribution in [0.15, 0.2) is 17.6 Å². The maximum absolute atomic E-state index is 11.7. The largest absolute Gasteiger partial charge is 0.395 e. The Morgan fingerprint density at radius 1 is 1.56 bits per heavy atom. The van der Waals surface area contributed by atoms with E-state index in [1.54, 1.807) is 16.8 Å². The maximum atomic E-state index is 11.7. The number of piperazine rings is 1. The fourth-order valence-corrected chi connectivity index (χ4v) is 3.00. The quantitative estimate of drug-likeness (QED) is 0.758. The van der Waals surface area contributed by atoms with E-state index in [0.717, 1.165) is 22.4 Å². The molecule has 0 bridgehead atoms. The highest BCUT2D eigenvalue weighted by molar-refractivity contribution is 7.16. The minimum absolute atomic E-state index is 0.0408. The number of nitrogens with zero attached hydrogens (tertiary/aromatic N) is 2. The molecule has 1 unspecified atom stereocenters. The first-order valence-electron chi connectivity index (χ1n) is 5.84. The summed E-state index contributed by atoms with van der Waals surface area (Å²) in [5.74, 6) is 0.0408. The van der Waals surface area contributed by atoms with Crippen LogP contribution < -0.4 is 16.0 Å². The summed E-state index contributed by atoms with van der Waals surface area (Å²) in [4.78, 5) is 18.0. The number of thiazole rings is 1. The second-order valence-corrected chi connectivity index (χ2v) is 5.24. The van der Waals surface area contributed by atoms with Crippen LogP contribution in [0.3, 0.4) is 0 Å². The molecule has 0 radical (unpaired) electrons. The van der Waals surface area contributed by atoms with E-state index >= 15 is 0 Å². The normalized spacial score (nSPS) is 20.2. The van der Waals surface area contributed by atoms with Crippen LogP contribution in [0.1, 0.15) is 6.92 Å². The minimum atomic E-state index is -0.197. The molecule has 3 N–H and O–H groups in total. The zero-order valence-corrected chi connectivity index (χ0v) is 10.8. The number of fused-ring (bicyclic) bond motifs is 1. The second-order valence-electron chi connectivity index (χ2n) is 4.36. The van der Waals surface area contributed by atoms with Gasteiger partial charge >= 0.3 is 0 Å². The van der Waals surface area contributed by atoms with Crippen molar-refractivity contribution in [2.24, 2.45) is 0 Å². The highest BCUT2D eigenvalue weighted by atomic mass is 32.1. The van der Waals surface area contributed by atoms with Crippen molar-refractivity contribution in [3.8, 4) is 0 Å². The van der Waals surface area contributed by atoms with Crippen LogP contribution in [0.4, 0.5) is 11.4 Å². The molecule has 2 aromatic rings. The van der Waals surface area contributed by atoms with E-state index in [2.05, 4.69) is 10.3 Å². The molecule has 1 aliphatic rings. The molecule has 3 rings (SSSR count). The van der Waals surface area contributed by atoms with Crippen LogP contribution in [0.5, 0.6) is 0 Å². The van der Waals surface area contributed by atoms with Crippen molar-refractivity contribution in [1.29, 1.82) is 0 Å². The van der Waals surface area contributed by atoms with Gasteiger partial charge in [0, 0.05) is 13.1 Å².